The van der Waals surface area contributed by atoms with Gasteiger partial charge in [-0.05, 0) is 87.1 Å². The van der Waals surface area contributed by atoms with Crippen LogP contribution < -0.4 is 10.2 Å². The molecule has 1 atom stereocenters. The largest absolute Gasteiger partial charge is 0.366 e. The van der Waals surface area contributed by atoms with Crippen molar-refractivity contribution in [3.63, 3.8) is 0 Å². The van der Waals surface area contributed by atoms with Crippen molar-refractivity contribution in [3.8, 4) is 6.07 Å². The van der Waals surface area contributed by atoms with Crippen molar-refractivity contribution in [1.82, 2.24) is 0 Å². The van der Waals surface area contributed by atoms with Gasteiger partial charge in [0.25, 0.3) is 5.91 Å². The third kappa shape index (κ3) is 4.22. The van der Waals surface area contributed by atoms with Gasteiger partial charge in [0.05, 0.1) is 10.7 Å². The third-order valence-electron chi connectivity index (χ3n) is 5.88. The van der Waals surface area contributed by atoms with E-state index in [4.69, 9.17) is 11.6 Å². The van der Waals surface area contributed by atoms with Crippen LogP contribution in [0.2, 0.25) is 5.02 Å². The van der Waals surface area contributed by atoms with Gasteiger partial charge in [0, 0.05) is 17.8 Å². The molecule has 3 rings (SSSR count). The van der Waals surface area contributed by atoms with E-state index in [9.17, 15) is 10.1 Å². The molecule has 156 valence electrons. The molecule has 2 aromatic rings. The maximum atomic E-state index is 12.7. The summed E-state index contributed by atoms with van der Waals surface area (Å²) in [5, 5.41) is 12.8. The van der Waals surface area contributed by atoms with Crippen LogP contribution in [0.3, 0.4) is 0 Å². The van der Waals surface area contributed by atoms with Crippen LogP contribution in [-0.2, 0) is 4.79 Å². The SMILES string of the molecule is CCN1c2cc(C)c(/C=C(/C#N)C(=O)Nc3ccccc3Cl)cc2[C@@H](C)CC1(C)C. The Morgan fingerprint density at radius 3 is 2.70 bits per heavy atom. The predicted molar refractivity (Wildman–Crippen MR) is 125 cm³/mol. The van der Waals surface area contributed by atoms with Crippen LogP contribution in [0.25, 0.3) is 6.08 Å². The number of nitrogens with one attached hydrogen (secondary N) is 1. The summed E-state index contributed by atoms with van der Waals surface area (Å²) in [6.45, 7) is 11.9. The second-order valence-corrected chi connectivity index (χ2v) is 8.94. The quantitative estimate of drug-likeness (QED) is 0.465. The molecule has 0 spiro atoms. The molecule has 4 nitrogen and oxygen atoms in total. The molecule has 1 N–H and O–H groups in total. The highest BCUT2D eigenvalue weighted by atomic mass is 35.5. The number of nitrogens with zero attached hydrogens (tertiary/aromatic N) is 2. The first-order chi connectivity index (χ1) is 14.2. The van der Waals surface area contributed by atoms with E-state index >= 15 is 0 Å². The molecular weight excluding hydrogens is 394 g/mol. The van der Waals surface area contributed by atoms with Crippen molar-refractivity contribution in [2.45, 2.75) is 52.5 Å². The Bertz CT molecular complexity index is 1050. The van der Waals surface area contributed by atoms with Gasteiger partial charge in [-0.25, -0.2) is 0 Å². The molecule has 1 aliphatic heterocycles. The van der Waals surface area contributed by atoms with Crippen LogP contribution in [0.15, 0.2) is 42.0 Å². The van der Waals surface area contributed by atoms with E-state index in [2.05, 4.69) is 50.0 Å². The first-order valence-corrected chi connectivity index (χ1v) is 10.7. The summed E-state index contributed by atoms with van der Waals surface area (Å²) < 4.78 is 0. The standard InChI is InChI=1S/C25H28ClN3O/c1-6-29-23-11-16(2)18(13-20(23)17(3)14-25(29,4)5)12-19(15-27)24(30)28-22-10-8-7-9-21(22)26/h7-13,17H,6,14H2,1-5H3,(H,28,30)/b19-12-/t17-/m0/s1. The summed E-state index contributed by atoms with van der Waals surface area (Å²) in [6.07, 6.45) is 2.72. The lowest BCUT2D eigenvalue weighted by atomic mass is 9.79. The van der Waals surface area contributed by atoms with E-state index in [0.717, 1.165) is 24.1 Å². The maximum absolute atomic E-state index is 12.7. The molecule has 0 saturated carbocycles. The van der Waals surface area contributed by atoms with Crippen molar-refractivity contribution >= 4 is 35.0 Å². The van der Waals surface area contributed by atoms with Crippen LogP contribution in [-0.4, -0.2) is 18.0 Å². The molecule has 0 bridgehead atoms. The molecule has 30 heavy (non-hydrogen) atoms. The highest BCUT2D eigenvalue weighted by Gasteiger charge is 2.35. The molecule has 0 fully saturated rings. The number of nitriles is 1. The molecule has 5 heteroatoms. The first-order valence-electron chi connectivity index (χ1n) is 10.3. The Kier molecular flexibility index (Phi) is 6.24. The van der Waals surface area contributed by atoms with Gasteiger partial charge in [-0.3, -0.25) is 4.79 Å². The van der Waals surface area contributed by atoms with E-state index in [0.29, 0.717) is 16.6 Å². The summed E-state index contributed by atoms with van der Waals surface area (Å²) in [5.74, 6) is -0.0693. The van der Waals surface area contributed by atoms with Gasteiger partial charge in [0.2, 0.25) is 0 Å². The zero-order valence-corrected chi connectivity index (χ0v) is 19.0. The number of rotatable bonds is 4. The Balaban J connectivity index is 1.98. The Hall–Kier alpha value is -2.77. The zero-order valence-electron chi connectivity index (χ0n) is 18.2. The first kappa shape index (κ1) is 21.9. The van der Waals surface area contributed by atoms with Gasteiger partial charge in [-0.1, -0.05) is 30.7 Å². The Labute approximate surface area is 184 Å². The molecule has 0 aliphatic carbocycles. The fourth-order valence-corrected chi connectivity index (χ4v) is 4.64. The fraction of sp³-hybridized carbons (Fsp3) is 0.360. The number of benzene rings is 2. The maximum Gasteiger partial charge on any atom is 0.266 e. The molecule has 0 radical (unpaired) electrons. The fourth-order valence-electron chi connectivity index (χ4n) is 4.46. The topological polar surface area (TPSA) is 56.1 Å². The summed E-state index contributed by atoms with van der Waals surface area (Å²) in [4.78, 5) is 15.1. The van der Waals surface area contributed by atoms with E-state index in [1.165, 1.54) is 11.3 Å². The number of carbonyl (C=O) groups excluding carboxylic acids is 1. The zero-order chi connectivity index (χ0) is 22.1. The molecule has 0 unspecified atom stereocenters. The normalized spacial score (nSPS) is 17.8. The van der Waals surface area contributed by atoms with Gasteiger partial charge in [0.15, 0.2) is 0 Å². The van der Waals surface area contributed by atoms with Crippen LogP contribution in [0.4, 0.5) is 11.4 Å². The number of anilines is 2. The number of hydrogen-bond donors (Lipinski definition) is 1. The van der Waals surface area contributed by atoms with E-state index in [1.54, 1.807) is 30.3 Å². The van der Waals surface area contributed by atoms with E-state index in [-0.39, 0.29) is 11.1 Å². The van der Waals surface area contributed by atoms with Crippen LogP contribution in [0.1, 0.15) is 56.7 Å². The number of hydrogen-bond acceptors (Lipinski definition) is 3. The smallest absolute Gasteiger partial charge is 0.266 e. The monoisotopic (exact) mass is 421 g/mol. The molecular formula is C25H28ClN3O. The second kappa shape index (κ2) is 8.53. The minimum Gasteiger partial charge on any atom is -0.366 e. The highest BCUT2D eigenvalue weighted by molar-refractivity contribution is 6.34. The van der Waals surface area contributed by atoms with Crippen molar-refractivity contribution in [3.05, 3.63) is 63.7 Å². The number of para-hydroxylation sites is 1. The lowest BCUT2D eigenvalue weighted by Crippen LogP contribution is -2.48. The highest BCUT2D eigenvalue weighted by Crippen LogP contribution is 2.44. The van der Waals surface area contributed by atoms with Crippen molar-refractivity contribution < 1.29 is 4.79 Å². The minimum atomic E-state index is -0.466. The molecule has 1 amide bonds. The van der Waals surface area contributed by atoms with Crippen molar-refractivity contribution in [2.75, 3.05) is 16.8 Å². The Morgan fingerprint density at radius 1 is 1.37 bits per heavy atom. The molecule has 0 aromatic heterocycles. The van der Waals surface area contributed by atoms with Gasteiger partial charge >= 0.3 is 0 Å². The number of fused-ring (bicyclic) bond motifs is 1. The summed E-state index contributed by atoms with van der Waals surface area (Å²) in [7, 11) is 0. The van der Waals surface area contributed by atoms with E-state index < -0.39 is 5.91 Å². The van der Waals surface area contributed by atoms with Gasteiger partial charge < -0.3 is 10.2 Å². The molecule has 0 saturated heterocycles. The molecule has 1 aliphatic rings. The Morgan fingerprint density at radius 2 is 2.07 bits per heavy atom. The van der Waals surface area contributed by atoms with Crippen LogP contribution >= 0.6 is 11.6 Å². The average molecular weight is 422 g/mol. The minimum absolute atomic E-state index is 0.0501. The number of halogens is 1. The predicted octanol–water partition coefficient (Wildman–Crippen LogP) is 6.31. The molecule has 1 heterocycles. The number of amides is 1. The molecule has 2 aromatic carbocycles. The van der Waals surface area contributed by atoms with Gasteiger partial charge in [-0.2, -0.15) is 5.26 Å². The van der Waals surface area contributed by atoms with Crippen LogP contribution in [0.5, 0.6) is 0 Å². The average Bonchev–Trinajstić information content (AvgIpc) is 2.68. The van der Waals surface area contributed by atoms with Crippen molar-refractivity contribution in [2.24, 2.45) is 0 Å². The van der Waals surface area contributed by atoms with Crippen molar-refractivity contribution in [1.29, 1.82) is 5.26 Å². The van der Waals surface area contributed by atoms with E-state index in [1.807, 2.05) is 13.0 Å². The van der Waals surface area contributed by atoms with Crippen LogP contribution in [0, 0.1) is 18.3 Å². The number of carbonyl (C=O) groups is 1. The summed E-state index contributed by atoms with van der Waals surface area (Å²) >= 11 is 6.13. The van der Waals surface area contributed by atoms with Gasteiger partial charge in [0.1, 0.15) is 11.6 Å². The lowest BCUT2D eigenvalue weighted by molar-refractivity contribution is -0.112. The van der Waals surface area contributed by atoms with Gasteiger partial charge in [-0.15, -0.1) is 0 Å². The second-order valence-electron chi connectivity index (χ2n) is 8.53. The summed E-state index contributed by atoms with van der Waals surface area (Å²) in [5.41, 5.74) is 5.07. The third-order valence-corrected chi connectivity index (χ3v) is 6.21. The number of aryl methyl sites for hydroxylation is 1. The lowest BCUT2D eigenvalue weighted by Gasteiger charge is -2.47. The summed E-state index contributed by atoms with van der Waals surface area (Å²) in [6, 6.07) is 13.3.